The summed E-state index contributed by atoms with van der Waals surface area (Å²) < 4.78 is 27.7. The van der Waals surface area contributed by atoms with Crippen molar-refractivity contribution >= 4 is 27.4 Å². The van der Waals surface area contributed by atoms with Gasteiger partial charge in [-0.05, 0) is 42.2 Å². The molecule has 1 aliphatic heterocycles. The summed E-state index contributed by atoms with van der Waals surface area (Å²) in [5.41, 5.74) is 3.60. The van der Waals surface area contributed by atoms with E-state index in [4.69, 9.17) is 0 Å². The summed E-state index contributed by atoms with van der Waals surface area (Å²) >= 11 is 0. The molecule has 2 aromatic rings. The highest BCUT2D eigenvalue weighted by Crippen LogP contribution is 2.40. The van der Waals surface area contributed by atoms with E-state index in [-0.39, 0.29) is 0 Å². The van der Waals surface area contributed by atoms with Crippen LogP contribution in [0.3, 0.4) is 0 Å². The summed E-state index contributed by atoms with van der Waals surface area (Å²) in [5, 5.41) is 0. The zero-order chi connectivity index (χ0) is 18.2. The Bertz CT molecular complexity index is 1020. The number of anilines is 1. The van der Waals surface area contributed by atoms with Crippen molar-refractivity contribution in [1.29, 1.82) is 0 Å². The van der Waals surface area contributed by atoms with Gasteiger partial charge in [0, 0.05) is 12.4 Å². The van der Waals surface area contributed by atoms with Gasteiger partial charge in [-0.2, -0.15) is 0 Å². The van der Waals surface area contributed by atoms with Crippen molar-refractivity contribution in [2.45, 2.75) is 18.1 Å². The number of aromatic nitrogens is 1. The van der Waals surface area contributed by atoms with Crippen LogP contribution in [0.1, 0.15) is 24.5 Å². The maximum atomic E-state index is 13.6. The monoisotopic (exact) mass is 364 g/mol. The van der Waals surface area contributed by atoms with Crippen LogP contribution in [0.15, 0.2) is 73.1 Å². The summed E-state index contributed by atoms with van der Waals surface area (Å²) in [6.07, 6.45) is 13.4. The van der Waals surface area contributed by atoms with E-state index in [9.17, 15) is 8.42 Å². The van der Waals surface area contributed by atoms with Crippen molar-refractivity contribution < 1.29 is 8.42 Å². The third-order valence-corrected chi connectivity index (χ3v) is 7.36. The lowest BCUT2D eigenvalue weighted by atomic mass is 9.91. The Morgan fingerprint density at radius 1 is 1.15 bits per heavy atom. The molecule has 5 heteroatoms. The molecule has 4 rings (SSSR count). The number of pyridine rings is 1. The fourth-order valence-electron chi connectivity index (χ4n) is 3.50. The predicted octanol–water partition coefficient (Wildman–Crippen LogP) is 4.05. The highest BCUT2D eigenvalue weighted by molar-refractivity contribution is 7.94. The topological polar surface area (TPSA) is 50.3 Å². The molecule has 0 bridgehead atoms. The Hall–Kier alpha value is -2.66. The van der Waals surface area contributed by atoms with Gasteiger partial charge in [0.1, 0.15) is 4.75 Å². The average molecular weight is 364 g/mol. The van der Waals surface area contributed by atoms with Gasteiger partial charge in [-0.15, -0.1) is 0 Å². The van der Waals surface area contributed by atoms with Crippen LogP contribution in [-0.2, 0) is 10.0 Å². The molecule has 1 atom stereocenters. The van der Waals surface area contributed by atoms with Gasteiger partial charge in [-0.1, -0.05) is 54.6 Å². The Morgan fingerprint density at radius 2 is 2.00 bits per heavy atom. The maximum absolute atomic E-state index is 13.6. The molecule has 2 aliphatic rings. The lowest BCUT2D eigenvalue weighted by molar-refractivity contribution is 0.560. The second kappa shape index (κ2) is 6.25. The molecule has 2 heterocycles. The summed E-state index contributed by atoms with van der Waals surface area (Å²) in [5.74, 6) is 0. The highest BCUT2D eigenvalue weighted by atomic mass is 32.2. The SMILES string of the molecule is CC1(S(=O)(=O)N2CC=Cc3ccccc32)C=CC=C(c2cccnc2)C1. The number of fused-ring (bicyclic) bond motifs is 1. The van der Waals surface area contributed by atoms with E-state index < -0.39 is 14.8 Å². The summed E-state index contributed by atoms with van der Waals surface area (Å²) in [6, 6.07) is 11.4. The van der Waals surface area contributed by atoms with Gasteiger partial charge in [0.25, 0.3) is 0 Å². The normalized spacial score (nSPS) is 22.0. The first-order valence-electron chi connectivity index (χ1n) is 8.58. The van der Waals surface area contributed by atoms with Crippen LogP contribution in [0.2, 0.25) is 0 Å². The molecule has 0 radical (unpaired) electrons. The molecular weight excluding hydrogens is 344 g/mol. The minimum atomic E-state index is -3.60. The van der Waals surface area contributed by atoms with Gasteiger partial charge >= 0.3 is 0 Å². The summed E-state index contributed by atoms with van der Waals surface area (Å²) in [6.45, 7) is 2.15. The lowest BCUT2D eigenvalue weighted by Gasteiger charge is -2.37. The van der Waals surface area contributed by atoms with E-state index >= 15 is 0 Å². The van der Waals surface area contributed by atoms with Crippen molar-refractivity contribution in [1.82, 2.24) is 4.98 Å². The Labute approximate surface area is 154 Å². The molecule has 1 aliphatic carbocycles. The summed E-state index contributed by atoms with van der Waals surface area (Å²) in [4.78, 5) is 4.16. The fraction of sp³-hybridized carbons (Fsp3) is 0.190. The fourth-order valence-corrected chi connectivity index (χ4v) is 5.30. The number of para-hydroxylation sites is 1. The molecule has 1 aromatic carbocycles. The van der Waals surface area contributed by atoms with Gasteiger partial charge in [0.15, 0.2) is 0 Å². The number of hydrogen-bond acceptors (Lipinski definition) is 3. The lowest BCUT2D eigenvalue weighted by Crippen LogP contribution is -2.47. The Morgan fingerprint density at radius 3 is 2.81 bits per heavy atom. The van der Waals surface area contributed by atoms with Gasteiger partial charge in [0.05, 0.1) is 12.2 Å². The number of rotatable bonds is 3. The Kier molecular flexibility index (Phi) is 4.04. The molecule has 0 saturated carbocycles. The Balaban J connectivity index is 1.72. The first-order valence-corrected chi connectivity index (χ1v) is 10.0. The number of benzene rings is 1. The quantitative estimate of drug-likeness (QED) is 0.826. The molecule has 4 nitrogen and oxygen atoms in total. The van der Waals surface area contributed by atoms with Gasteiger partial charge in [0.2, 0.25) is 10.0 Å². The molecule has 0 N–H and O–H groups in total. The molecule has 1 unspecified atom stereocenters. The van der Waals surface area contributed by atoms with Crippen molar-refractivity contribution in [2.75, 3.05) is 10.8 Å². The molecule has 0 spiro atoms. The zero-order valence-electron chi connectivity index (χ0n) is 14.5. The molecule has 0 fully saturated rings. The van der Waals surface area contributed by atoms with E-state index in [0.717, 1.165) is 22.4 Å². The minimum absolute atomic E-state index is 0.356. The zero-order valence-corrected chi connectivity index (χ0v) is 15.4. The van der Waals surface area contributed by atoms with Crippen LogP contribution >= 0.6 is 0 Å². The predicted molar refractivity (Wildman–Crippen MR) is 106 cm³/mol. The van der Waals surface area contributed by atoms with E-state index in [0.29, 0.717) is 13.0 Å². The van der Waals surface area contributed by atoms with Crippen LogP contribution in [0, 0.1) is 0 Å². The van der Waals surface area contributed by atoms with E-state index in [1.165, 1.54) is 4.31 Å². The number of hydrogen-bond donors (Lipinski definition) is 0. The van der Waals surface area contributed by atoms with E-state index in [1.54, 1.807) is 25.4 Å². The second-order valence-corrected chi connectivity index (χ2v) is 9.10. The van der Waals surface area contributed by atoms with Crippen LogP contribution in [0.5, 0.6) is 0 Å². The average Bonchev–Trinajstić information content (AvgIpc) is 2.68. The van der Waals surface area contributed by atoms with E-state index in [1.807, 2.05) is 60.7 Å². The first-order chi connectivity index (χ1) is 12.5. The van der Waals surface area contributed by atoms with Gasteiger partial charge in [-0.3, -0.25) is 9.29 Å². The highest BCUT2D eigenvalue weighted by Gasteiger charge is 2.43. The molecule has 132 valence electrons. The third-order valence-electron chi connectivity index (χ3n) is 4.97. The molecule has 0 amide bonds. The largest absolute Gasteiger partial charge is 0.265 e. The number of nitrogens with zero attached hydrogens (tertiary/aromatic N) is 2. The van der Waals surface area contributed by atoms with Crippen molar-refractivity contribution in [2.24, 2.45) is 0 Å². The van der Waals surface area contributed by atoms with Crippen LogP contribution in [0.25, 0.3) is 11.6 Å². The second-order valence-electron chi connectivity index (χ2n) is 6.78. The molecule has 26 heavy (non-hydrogen) atoms. The minimum Gasteiger partial charge on any atom is -0.265 e. The van der Waals surface area contributed by atoms with E-state index in [2.05, 4.69) is 4.98 Å². The van der Waals surface area contributed by atoms with Crippen molar-refractivity contribution in [3.63, 3.8) is 0 Å². The van der Waals surface area contributed by atoms with Crippen LogP contribution in [0.4, 0.5) is 5.69 Å². The number of sulfonamides is 1. The maximum Gasteiger partial charge on any atom is 0.244 e. The van der Waals surface area contributed by atoms with Crippen LogP contribution < -0.4 is 4.31 Å². The molecular formula is C21H20N2O2S. The third kappa shape index (κ3) is 2.69. The summed E-state index contributed by atoms with van der Waals surface area (Å²) in [7, 11) is -3.60. The van der Waals surface area contributed by atoms with Gasteiger partial charge < -0.3 is 0 Å². The van der Waals surface area contributed by atoms with Crippen molar-refractivity contribution in [3.05, 3.63) is 84.2 Å². The standard InChI is InChI=1S/C21H20N2O2S/c1-21(12-4-8-18(15-21)19-9-5-13-22-16-19)26(24,25)23-14-6-10-17-7-2-3-11-20(17)23/h2-13,16H,14-15H2,1H3. The smallest absolute Gasteiger partial charge is 0.244 e. The van der Waals surface area contributed by atoms with Gasteiger partial charge in [-0.25, -0.2) is 8.42 Å². The number of allylic oxidation sites excluding steroid dienone is 3. The first kappa shape index (κ1) is 16.8. The van der Waals surface area contributed by atoms with Crippen LogP contribution in [-0.4, -0.2) is 24.7 Å². The van der Waals surface area contributed by atoms with Crippen molar-refractivity contribution in [3.8, 4) is 0 Å². The molecule has 0 saturated heterocycles. The molecule has 1 aromatic heterocycles.